The Morgan fingerprint density at radius 1 is 1.05 bits per heavy atom. The standard InChI is InChI=1S/C18H29NO/c1-3-4-5-6-7-8-12-19-13-11-16-14-18(20-2)10-9-17(16)15-19/h9-10,14H,3-8,11-13,15H2,1-2H3. The van der Waals surface area contributed by atoms with E-state index in [-0.39, 0.29) is 0 Å². The minimum absolute atomic E-state index is 0.994. The molecule has 0 saturated carbocycles. The molecule has 1 aromatic carbocycles. The monoisotopic (exact) mass is 275 g/mol. The van der Waals surface area contributed by atoms with Crippen molar-refractivity contribution in [3.8, 4) is 5.75 Å². The maximum atomic E-state index is 5.31. The third-order valence-electron chi connectivity index (χ3n) is 4.33. The van der Waals surface area contributed by atoms with E-state index in [9.17, 15) is 0 Å². The molecular weight excluding hydrogens is 246 g/mol. The maximum absolute atomic E-state index is 5.31. The van der Waals surface area contributed by atoms with E-state index in [1.54, 1.807) is 7.11 Å². The lowest BCUT2D eigenvalue weighted by atomic mass is 9.99. The molecule has 1 aromatic rings. The topological polar surface area (TPSA) is 12.5 Å². The molecule has 2 heteroatoms. The van der Waals surface area contributed by atoms with E-state index >= 15 is 0 Å². The van der Waals surface area contributed by atoms with Gasteiger partial charge in [-0.05, 0) is 42.6 Å². The van der Waals surface area contributed by atoms with Gasteiger partial charge in [-0.3, -0.25) is 4.90 Å². The van der Waals surface area contributed by atoms with E-state index in [2.05, 4.69) is 30.0 Å². The summed E-state index contributed by atoms with van der Waals surface area (Å²) in [6.45, 7) is 5.86. The van der Waals surface area contributed by atoms with Crippen LogP contribution in [0.25, 0.3) is 0 Å². The number of ether oxygens (including phenoxy) is 1. The van der Waals surface area contributed by atoms with Crippen LogP contribution in [0.2, 0.25) is 0 Å². The zero-order valence-electron chi connectivity index (χ0n) is 13.2. The molecule has 0 saturated heterocycles. The van der Waals surface area contributed by atoms with Crippen molar-refractivity contribution in [2.45, 2.75) is 58.4 Å². The average Bonchev–Trinajstić information content (AvgIpc) is 2.50. The first-order valence-electron chi connectivity index (χ1n) is 8.21. The largest absolute Gasteiger partial charge is 0.497 e. The summed E-state index contributed by atoms with van der Waals surface area (Å²) in [7, 11) is 1.75. The van der Waals surface area contributed by atoms with Crippen molar-refractivity contribution in [2.24, 2.45) is 0 Å². The number of unbranched alkanes of at least 4 members (excludes halogenated alkanes) is 5. The van der Waals surface area contributed by atoms with Crippen LogP contribution in [0.15, 0.2) is 18.2 Å². The molecule has 112 valence electrons. The van der Waals surface area contributed by atoms with Crippen molar-refractivity contribution < 1.29 is 4.74 Å². The molecule has 2 nitrogen and oxygen atoms in total. The zero-order chi connectivity index (χ0) is 14.2. The number of fused-ring (bicyclic) bond motifs is 1. The Hall–Kier alpha value is -1.02. The number of nitrogens with zero attached hydrogens (tertiary/aromatic N) is 1. The predicted octanol–water partition coefficient (Wildman–Crippen LogP) is 4.41. The zero-order valence-corrected chi connectivity index (χ0v) is 13.2. The molecule has 0 radical (unpaired) electrons. The molecule has 0 atom stereocenters. The lowest BCUT2D eigenvalue weighted by Crippen LogP contribution is -2.31. The first-order chi connectivity index (χ1) is 9.83. The fraction of sp³-hybridized carbons (Fsp3) is 0.667. The summed E-state index contributed by atoms with van der Waals surface area (Å²) in [5.74, 6) is 0.994. The van der Waals surface area contributed by atoms with E-state index in [0.29, 0.717) is 0 Å². The SMILES string of the molecule is CCCCCCCCN1CCc2cc(OC)ccc2C1. The first kappa shape index (κ1) is 15.4. The van der Waals surface area contributed by atoms with E-state index < -0.39 is 0 Å². The smallest absolute Gasteiger partial charge is 0.119 e. The van der Waals surface area contributed by atoms with Crippen molar-refractivity contribution in [2.75, 3.05) is 20.2 Å². The van der Waals surface area contributed by atoms with Gasteiger partial charge in [-0.2, -0.15) is 0 Å². The minimum atomic E-state index is 0.994. The van der Waals surface area contributed by atoms with Gasteiger partial charge in [0.05, 0.1) is 7.11 Å². The molecule has 0 unspecified atom stereocenters. The Balaban J connectivity index is 1.71. The number of hydrogen-bond acceptors (Lipinski definition) is 2. The van der Waals surface area contributed by atoms with Gasteiger partial charge in [-0.25, -0.2) is 0 Å². The first-order valence-corrected chi connectivity index (χ1v) is 8.21. The van der Waals surface area contributed by atoms with Crippen LogP contribution in [0.5, 0.6) is 5.75 Å². The number of benzene rings is 1. The fourth-order valence-corrected chi connectivity index (χ4v) is 3.02. The number of rotatable bonds is 8. The Bertz CT molecular complexity index is 402. The molecule has 0 N–H and O–H groups in total. The molecule has 20 heavy (non-hydrogen) atoms. The minimum Gasteiger partial charge on any atom is -0.497 e. The van der Waals surface area contributed by atoms with E-state index in [1.165, 1.54) is 69.2 Å². The Labute approximate surface area is 124 Å². The van der Waals surface area contributed by atoms with Gasteiger partial charge in [0.25, 0.3) is 0 Å². The van der Waals surface area contributed by atoms with E-state index in [1.807, 2.05) is 0 Å². The van der Waals surface area contributed by atoms with Crippen molar-refractivity contribution in [1.29, 1.82) is 0 Å². The highest BCUT2D eigenvalue weighted by molar-refractivity contribution is 5.37. The lowest BCUT2D eigenvalue weighted by molar-refractivity contribution is 0.247. The molecule has 0 amide bonds. The molecule has 1 heterocycles. The molecule has 1 aliphatic heterocycles. The normalized spacial score (nSPS) is 15.1. The van der Waals surface area contributed by atoms with E-state index in [0.717, 1.165) is 12.3 Å². The van der Waals surface area contributed by atoms with Crippen LogP contribution in [0, 0.1) is 0 Å². The van der Waals surface area contributed by atoms with Gasteiger partial charge in [0, 0.05) is 13.1 Å². The number of methoxy groups -OCH3 is 1. The Morgan fingerprint density at radius 3 is 2.65 bits per heavy atom. The highest BCUT2D eigenvalue weighted by Gasteiger charge is 2.16. The molecular formula is C18H29NO. The second-order valence-corrected chi connectivity index (χ2v) is 5.93. The van der Waals surface area contributed by atoms with Gasteiger partial charge >= 0.3 is 0 Å². The van der Waals surface area contributed by atoms with Crippen molar-refractivity contribution in [3.05, 3.63) is 29.3 Å². The van der Waals surface area contributed by atoms with Crippen LogP contribution in [-0.4, -0.2) is 25.1 Å². The second-order valence-electron chi connectivity index (χ2n) is 5.93. The van der Waals surface area contributed by atoms with Gasteiger partial charge in [0.2, 0.25) is 0 Å². The Kier molecular flexibility index (Phi) is 6.38. The van der Waals surface area contributed by atoms with Crippen molar-refractivity contribution in [3.63, 3.8) is 0 Å². The Morgan fingerprint density at radius 2 is 1.85 bits per heavy atom. The fourth-order valence-electron chi connectivity index (χ4n) is 3.02. The summed E-state index contributed by atoms with van der Waals surface area (Å²) in [5, 5.41) is 0. The van der Waals surface area contributed by atoms with Crippen LogP contribution in [-0.2, 0) is 13.0 Å². The molecule has 1 aliphatic rings. The summed E-state index contributed by atoms with van der Waals surface area (Å²) in [6, 6.07) is 6.53. The third kappa shape index (κ3) is 4.52. The van der Waals surface area contributed by atoms with Crippen LogP contribution in [0.1, 0.15) is 56.6 Å². The summed E-state index contributed by atoms with van der Waals surface area (Å²) < 4.78 is 5.31. The maximum Gasteiger partial charge on any atom is 0.119 e. The quantitative estimate of drug-likeness (QED) is 0.651. The summed E-state index contributed by atoms with van der Waals surface area (Å²) in [4.78, 5) is 2.61. The second kappa shape index (κ2) is 8.31. The van der Waals surface area contributed by atoms with Gasteiger partial charge in [-0.1, -0.05) is 45.1 Å². The molecule has 0 fully saturated rings. The average molecular weight is 275 g/mol. The van der Waals surface area contributed by atoms with Gasteiger partial charge < -0.3 is 4.74 Å². The van der Waals surface area contributed by atoms with Crippen LogP contribution >= 0.6 is 0 Å². The molecule has 0 aliphatic carbocycles. The summed E-state index contributed by atoms with van der Waals surface area (Å²) in [5.41, 5.74) is 2.96. The van der Waals surface area contributed by atoms with Crippen LogP contribution < -0.4 is 4.74 Å². The highest BCUT2D eigenvalue weighted by atomic mass is 16.5. The van der Waals surface area contributed by atoms with Gasteiger partial charge in [0.15, 0.2) is 0 Å². The van der Waals surface area contributed by atoms with Crippen LogP contribution in [0.3, 0.4) is 0 Å². The molecule has 0 aromatic heterocycles. The molecule has 0 spiro atoms. The van der Waals surface area contributed by atoms with Gasteiger partial charge in [0.1, 0.15) is 5.75 Å². The summed E-state index contributed by atoms with van der Waals surface area (Å²) >= 11 is 0. The van der Waals surface area contributed by atoms with Crippen molar-refractivity contribution >= 4 is 0 Å². The van der Waals surface area contributed by atoms with Crippen LogP contribution in [0.4, 0.5) is 0 Å². The number of hydrogen-bond donors (Lipinski definition) is 0. The molecule has 0 bridgehead atoms. The summed E-state index contributed by atoms with van der Waals surface area (Å²) in [6.07, 6.45) is 9.49. The van der Waals surface area contributed by atoms with Gasteiger partial charge in [-0.15, -0.1) is 0 Å². The molecule has 2 rings (SSSR count). The third-order valence-corrected chi connectivity index (χ3v) is 4.33. The van der Waals surface area contributed by atoms with E-state index in [4.69, 9.17) is 4.74 Å². The highest BCUT2D eigenvalue weighted by Crippen LogP contribution is 2.23. The van der Waals surface area contributed by atoms with Crippen molar-refractivity contribution in [1.82, 2.24) is 4.90 Å². The predicted molar refractivity (Wildman–Crippen MR) is 85.4 cm³/mol. The lowest BCUT2D eigenvalue weighted by Gasteiger charge is -2.29.